The molecule has 0 saturated heterocycles. The quantitative estimate of drug-likeness (QED) is 0.566. The molecule has 2 heterocycles. The van der Waals surface area contributed by atoms with Crippen LogP contribution in [0.15, 0.2) is 23.2 Å². The number of hydrogen-bond donors (Lipinski definition) is 3. The molecule has 2 aromatic rings. The smallest absolute Gasteiger partial charge is 0.271 e. The molecular weight excluding hydrogens is 250 g/mol. The third-order valence-corrected chi connectivity index (χ3v) is 3.34. The maximum atomic E-state index is 11.8. The Hall–Kier alpha value is -1.99. The topological polar surface area (TPSA) is 92.9 Å². The summed E-state index contributed by atoms with van der Waals surface area (Å²) < 4.78 is 0. The summed E-state index contributed by atoms with van der Waals surface area (Å²) in [6, 6.07) is 0. The molecule has 0 bridgehead atoms. The van der Waals surface area contributed by atoms with Gasteiger partial charge in [-0.2, -0.15) is 11.3 Å². The van der Waals surface area contributed by atoms with Gasteiger partial charge in [0.15, 0.2) is 5.82 Å². The van der Waals surface area contributed by atoms with Crippen LogP contribution in [-0.4, -0.2) is 15.9 Å². The van der Waals surface area contributed by atoms with Gasteiger partial charge in [-0.05, 0) is 28.8 Å². The zero-order chi connectivity index (χ0) is 13.0. The third-order valence-electron chi connectivity index (χ3n) is 2.43. The van der Waals surface area contributed by atoms with Crippen molar-refractivity contribution in [3.63, 3.8) is 0 Å². The second kappa shape index (κ2) is 5.56. The molecule has 0 aliphatic carbocycles. The second-order valence-electron chi connectivity index (χ2n) is 3.69. The zero-order valence-corrected chi connectivity index (χ0v) is 10.6. The minimum absolute atomic E-state index is 0.253. The summed E-state index contributed by atoms with van der Waals surface area (Å²) in [6.07, 6.45) is 2.79. The average Bonchev–Trinajstić information content (AvgIpc) is 2.81. The Kier molecular flexibility index (Phi) is 3.85. The molecule has 0 fully saturated rings. The van der Waals surface area contributed by atoms with E-state index in [1.54, 1.807) is 11.3 Å². The van der Waals surface area contributed by atoms with E-state index in [0.717, 1.165) is 5.56 Å². The highest BCUT2D eigenvalue weighted by Crippen LogP contribution is 2.13. The fourth-order valence-corrected chi connectivity index (χ4v) is 2.21. The van der Waals surface area contributed by atoms with Gasteiger partial charge < -0.3 is 10.7 Å². The van der Waals surface area contributed by atoms with Crippen LogP contribution in [0.2, 0.25) is 0 Å². The van der Waals surface area contributed by atoms with E-state index in [-0.39, 0.29) is 11.6 Å². The summed E-state index contributed by atoms with van der Waals surface area (Å²) in [7, 11) is 0. The zero-order valence-electron chi connectivity index (χ0n) is 9.80. The highest BCUT2D eigenvalue weighted by molar-refractivity contribution is 7.08. The number of rotatable bonds is 4. The van der Waals surface area contributed by atoms with Crippen LogP contribution in [0.4, 0.5) is 5.82 Å². The molecule has 0 atom stereocenters. The van der Waals surface area contributed by atoms with Gasteiger partial charge in [-0.1, -0.05) is 0 Å². The van der Waals surface area contributed by atoms with E-state index in [2.05, 4.69) is 20.7 Å². The summed E-state index contributed by atoms with van der Waals surface area (Å²) in [6.45, 7) is 2.51. The lowest BCUT2D eigenvalue weighted by atomic mass is 10.2. The van der Waals surface area contributed by atoms with Gasteiger partial charge in [0, 0.05) is 6.54 Å². The molecule has 0 aromatic carbocycles. The van der Waals surface area contributed by atoms with Crippen molar-refractivity contribution in [3.8, 4) is 0 Å². The fraction of sp³-hybridized carbons (Fsp3) is 0.182. The van der Waals surface area contributed by atoms with Crippen molar-refractivity contribution in [2.75, 3.05) is 5.43 Å². The summed E-state index contributed by atoms with van der Waals surface area (Å²) in [5, 5.41) is 6.85. The van der Waals surface area contributed by atoms with Crippen LogP contribution >= 0.6 is 11.3 Å². The number of aryl methyl sites for hydroxylation is 1. The lowest BCUT2D eigenvalue weighted by molar-refractivity contribution is 0.0945. The molecule has 0 aliphatic heterocycles. The van der Waals surface area contributed by atoms with Crippen molar-refractivity contribution in [1.82, 2.24) is 15.3 Å². The second-order valence-corrected chi connectivity index (χ2v) is 4.44. The van der Waals surface area contributed by atoms with Crippen LogP contribution in [0.5, 0.6) is 0 Å². The van der Waals surface area contributed by atoms with Crippen molar-refractivity contribution in [2.24, 2.45) is 5.84 Å². The maximum Gasteiger partial charge on any atom is 0.271 e. The first-order valence-electron chi connectivity index (χ1n) is 5.29. The third kappa shape index (κ3) is 2.82. The first-order valence-corrected chi connectivity index (χ1v) is 6.23. The summed E-state index contributed by atoms with van der Waals surface area (Å²) in [5.74, 6) is 5.33. The lowest BCUT2D eigenvalue weighted by Gasteiger charge is -2.04. The van der Waals surface area contributed by atoms with E-state index < -0.39 is 0 Å². The van der Waals surface area contributed by atoms with E-state index >= 15 is 0 Å². The number of carbonyl (C=O) groups excluding carboxylic acids is 1. The normalized spacial score (nSPS) is 10.1. The minimum Gasteiger partial charge on any atom is -0.347 e. The van der Waals surface area contributed by atoms with Crippen LogP contribution in [0.3, 0.4) is 0 Å². The summed E-state index contributed by atoms with van der Waals surface area (Å²) in [5.41, 5.74) is 4.90. The van der Waals surface area contributed by atoms with Crippen molar-refractivity contribution in [1.29, 1.82) is 0 Å². The number of nitrogens with zero attached hydrogens (tertiary/aromatic N) is 2. The predicted octanol–water partition coefficient (Wildman–Crippen LogP) is 1.06. The van der Waals surface area contributed by atoms with E-state index in [9.17, 15) is 4.79 Å². The number of nitrogens with one attached hydrogen (secondary N) is 2. The molecular formula is C11H13N5OS. The Labute approximate surface area is 108 Å². The number of thiophene rings is 1. The van der Waals surface area contributed by atoms with E-state index in [0.29, 0.717) is 12.4 Å². The highest BCUT2D eigenvalue weighted by atomic mass is 32.1. The number of nitrogens with two attached hydrogens (primary N) is 1. The van der Waals surface area contributed by atoms with Gasteiger partial charge >= 0.3 is 0 Å². The van der Waals surface area contributed by atoms with Crippen LogP contribution in [0.1, 0.15) is 21.6 Å². The molecule has 2 rings (SSSR count). The number of carbonyl (C=O) groups is 1. The number of anilines is 1. The average molecular weight is 263 g/mol. The molecule has 4 N–H and O–H groups in total. The van der Waals surface area contributed by atoms with Gasteiger partial charge in [-0.25, -0.2) is 15.8 Å². The van der Waals surface area contributed by atoms with Crippen LogP contribution in [-0.2, 0) is 6.54 Å². The van der Waals surface area contributed by atoms with Crippen LogP contribution in [0.25, 0.3) is 0 Å². The largest absolute Gasteiger partial charge is 0.347 e. The van der Waals surface area contributed by atoms with E-state index in [4.69, 9.17) is 5.84 Å². The Morgan fingerprint density at radius 2 is 2.22 bits per heavy atom. The van der Waals surface area contributed by atoms with Gasteiger partial charge in [-0.3, -0.25) is 4.79 Å². The Balaban J connectivity index is 1.97. The van der Waals surface area contributed by atoms with Gasteiger partial charge in [0.05, 0.1) is 12.4 Å². The number of hydrogen-bond acceptors (Lipinski definition) is 6. The van der Waals surface area contributed by atoms with Gasteiger partial charge in [0.25, 0.3) is 5.91 Å². The molecule has 18 heavy (non-hydrogen) atoms. The van der Waals surface area contributed by atoms with Gasteiger partial charge in [-0.15, -0.1) is 0 Å². The maximum absolute atomic E-state index is 11.8. The first-order chi connectivity index (χ1) is 8.70. The summed E-state index contributed by atoms with van der Waals surface area (Å²) >= 11 is 1.62. The van der Waals surface area contributed by atoms with Crippen molar-refractivity contribution >= 4 is 23.1 Å². The Bertz CT molecular complexity index is 537. The molecule has 0 aliphatic rings. The predicted molar refractivity (Wildman–Crippen MR) is 70.1 cm³/mol. The highest BCUT2D eigenvalue weighted by Gasteiger charge is 2.08. The fourth-order valence-electron chi connectivity index (χ4n) is 1.35. The van der Waals surface area contributed by atoms with Gasteiger partial charge in [0.1, 0.15) is 5.69 Å². The number of amides is 1. The van der Waals surface area contributed by atoms with Crippen LogP contribution < -0.4 is 16.6 Å². The minimum atomic E-state index is -0.253. The lowest BCUT2D eigenvalue weighted by Crippen LogP contribution is -2.24. The first kappa shape index (κ1) is 12.5. The summed E-state index contributed by atoms with van der Waals surface area (Å²) in [4.78, 5) is 19.7. The molecule has 0 unspecified atom stereocenters. The molecule has 6 nitrogen and oxygen atoms in total. The molecule has 0 radical (unpaired) electrons. The van der Waals surface area contributed by atoms with E-state index in [1.165, 1.54) is 18.0 Å². The number of aromatic nitrogens is 2. The van der Waals surface area contributed by atoms with Crippen molar-refractivity contribution in [3.05, 3.63) is 40.0 Å². The molecule has 94 valence electrons. The molecule has 0 saturated carbocycles. The number of hydrazine groups is 1. The van der Waals surface area contributed by atoms with Gasteiger partial charge in [0.2, 0.25) is 0 Å². The molecule has 7 heteroatoms. The Morgan fingerprint density at radius 1 is 1.39 bits per heavy atom. The monoisotopic (exact) mass is 263 g/mol. The van der Waals surface area contributed by atoms with E-state index in [1.807, 2.05) is 17.7 Å². The standard InChI is InChI=1S/C11H13N5OS/c1-7-5-18-6-8(7)2-15-11(17)9-3-14-10(16-12)4-13-9/h3-6H,2,12H2,1H3,(H,14,16)(H,15,17). The Morgan fingerprint density at radius 3 is 2.78 bits per heavy atom. The molecule has 1 amide bonds. The van der Waals surface area contributed by atoms with Crippen molar-refractivity contribution < 1.29 is 4.79 Å². The molecule has 2 aromatic heterocycles. The van der Waals surface area contributed by atoms with Crippen molar-refractivity contribution in [2.45, 2.75) is 13.5 Å². The van der Waals surface area contributed by atoms with Crippen LogP contribution in [0, 0.1) is 6.92 Å². The molecule has 0 spiro atoms. The number of nitrogen functional groups attached to an aromatic ring is 1. The SMILES string of the molecule is Cc1cscc1CNC(=O)c1cnc(NN)cn1.